The molecule has 0 saturated carbocycles. The van der Waals surface area contributed by atoms with Crippen molar-refractivity contribution in [2.45, 2.75) is 13.8 Å². The Balaban J connectivity index is 1.74. The van der Waals surface area contributed by atoms with Gasteiger partial charge in [-0.15, -0.1) is 0 Å². The van der Waals surface area contributed by atoms with Crippen molar-refractivity contribution in [1.29, 1.82) is 0 Å². The zero-order valence-electron chi connectivity index (χ0n) is 14.5. The van der Waals surface area contributed by atoms with Crippen LogP contribution >= 0.6 is 0 Å². The van der Waals surface area contributed by atoms with Gasteiger partial charge in [-0.25, -0.2) is 23.1 Å². The summed E-state index contributed by atoms with van der Waals surface area (Å²) in [5.41, 5.74) is 2.45. The monoisotopic (exact) mass is 372 g/mol. The largest absolute Gasteiger partial charge is 0.324 e. The molecule has 0 bridgehead atoms. The zero-order chi connectivity index (χ0) is 19.6. The molecule has 0 atom stereocenters. The molecule has 1 aromatic heterocycles. The first-order valence-corrected chi connectivity index (χ1v) is 7.96. The van der Waals surface area contributed by atoms with Gasteiger partial charge in [0.25, 0.3) is 5.91 Å². The van der Waals surface area contributed by atoms with E-state index < -0.39 is 29.0 Å². The van der Waals surface area contributed by atoms with Crippen LogP contribution in [0.4, 0.5) is 30.5 Å². The Morgan fingerprint density at radius 2 is 1.63 bits per heavy atom. The lowest BCUT2D eigenvalue weighted by Gasteiger charge is -2.10. The van der Waals surface area contributed by atoms with E-state index in [0.29, 0.717) is 0 Å². The van der Waals surface area contributed by atoms with E-state index in [0.717, 1.165) is 28.9 Å². The van der Waals surface area contributed by atoms with Crippen molar-refractivity contribution in [2.75, 3.05) is 10.6 Å². The van der Waals surface area contributed by atoms with E-state index in [2.05, 4.69) is 20.6 Å². The van der Waals surface area contributed by atoms with Crippen molar-refractivity contribution in [2.24, 2.45) is 0 Å². The predicted octanol–water partition coefficient (Wildman–Crippen LogP) is 4.51. The van der Waals surface area contributed by atoms with E-state index in [-0.39, 0.29) is 11.5 Å². The number of carbonyl (C=O) groups is 1. The minimum Gasteiger partial charge on any atom is -0.324 e. The van der Waals surface area contributed by atoms with Crippen LogP contribution in [0.15, 0.2) is 42.7 Å². The third-order valence-corrected chi connectivity index (χ3v) is 3.84. The van der Waals surface area contributed by atoms with Crippen LogP contribution in [-0.2, 0) is 0 Å². The lowest BCUT2D eigenvalue weighted by molar-refractivity contribution is 0.102. The first kappa shape index (κ1) is 18.4. The SMILES string of the molecule is Cc1ccc(C)c(Nc2ncc(C(=O)Nc3ccc(F)c(F)c3F)cn2)c1. The van der Waals surface area contributed by atoms with Gasteiger partial charge in [-0.2, -0.15) is 0 Å². The summed E-state index contributed by atoms with van der Waals surface area (Å²) in [5.74, 6) is -4.94. The Morgan fingerprint density at radius 1 is 0.926 bits per heavy atom. The molecule has 3 aromatic rings. The normalized spacial score (nSPS) is 10.6. The number of carbonyl (C=O) groups excluding carboxylic acids is 1. The number of rotatable bonds is 4. The quantitative estimate of drug-likeness (QED) is 0.662. The van der Waals surface area contributed by atoms with Gasteiger partial charge in [0.2, 0.25) is 5.95 Å². The van der Waals surface area contributed by atoms with Crippen LogP contribution in [-0.4, -0.2) is 15.9 Å². The number of hydrogen-bond acceptors (Lipinski definition) is 4. The Kier molecular flexibility index (Phi) is 5.07. The first-order valence-electron chi connectivity index (χ1n) is 7.96. The average Bonchev–Trinajstić information content (AvgIpc) is 2.65. The highest BCUT2D eigenvalue weighted by Crippen LogP contribution is 2.21. The maximum atomic E-state index is 13.6. The number of halogens is 3. The number of nitrogens with one attached hydrogen (secondary N) is 2. The fourth-order valence-corrected chi connectivity index (χ4v) is 2.32. The summed E-state index contributed by atoms with van der Waals surface area (Å²) in [5, 5.41) is 5.21. The molecule has 0 aliphatic rings. The molecule has 2 aromatic carbocycles. The van der Waals surface area contributed by atoms with Crippen molar-refractivity contribution in [3.05, 3.63) is 76.9 Å². The highest BCUT2D eigenvalue weighted by molar-refractivity contribution is 6.04. The maximum Gasteiger partial charge on any atom is 0.258 e. The van der Waals surface area contributed by atoms with E-state index in [9.17, 15) is 18.0 Å². The molecule has 8 heteroatoms. The molecule has 27 heavy (non-hydrogen) atoms. The van der Waals surface area contributed by atoms with E-state index in [1.807, 2.05) is 32.0 Å². The minimum absolute atomic E-state index is 0.0330. The second-order valence-corrected chi connectivity index (χ2v) is 5.92. The van der Waals surface area contributed by atoms with Gasteiger partial charge in [0.15, 0.2) is 17.5 Å². The van der Waals surface area contributed by atoms with Crippen molar-refractivity contribution in [3.8, 4) is 0 Å². The van der Waals surface area contributed by atoms with E-state index in [1.54, 1.807) is 0 Å². The molecule has 0 unspecified atom stereocenters. The van der Waals surface area contributed by atoms with Crippen LogP contribution in [0.25, 0.3) is 0 Å². The topological polar surface area (TPSA) is 66.9 Å². The first-order chi connectivity index (χ1) is 12.8. The predicted molar refractivity (Wildman–Crippen MR) is 95.5 cm³/mol. The number of aromatic nitrogens is 2. The summed E-state index contributed by atoms with van der Waals surface area (Å²) in [4.78, 5) is 20.2. The fraction of sp³-hybridized carbons (Fsp3) is 0.105. The van der Waals surface area contributed by atoms with Gasteiger partial charge in [0.1, 0.15) is 0 Å². The number of anilines is 3. The third kappa shape index (κ3) is 4.05. The standard InChI is InChI=1S/C19H15F3N4O/c1-10-3-4-11(2)15(7-10)26-19-23-8-12(9-24-19)18(27)25-14-6-5-13(20)16(21)17(14)22/h3-9H,1-2H3,(H,25,27)(H,23,24,26). The zero-order valence-corrected chi connectivity index (χ0v) is 14.5. The molecule has 1 heterocycles. The Hall–Kier alpha value is -3.42. The van der Waals surface area contributed by atoms with Crippen molar-refractivity contribution in [3.63, 3.8) is 0 Å². The van der Waals surface area contributed by atoms with Crippen LogP contribution in [0.1, 0.15) is 21.5 Å². The molecule has 3 rings (SSSR count). The van der Waals surface area contributed by atoms with Crippen LogP contribution in [0, 0.1) is 31.3 Å². The van der Waals surface area contributed by atoms with Crippen LogP contribution in [0.5, 0.6) is 0 Å². The second-order valence-electron chi connectivity index (χ2n) is 5.92. The summed E-state index contributed by atoms with van der Waals surface area (Å²) in [6, 6.07) is 7.53. The number of nitrogens with zero attached hydrogens (tertiary/aromatic N) is 2. The van der Waals surface area contributed by atoms with Crippen LogP contribution in [0.3, 0.4) is 0 Å². The second kappa shape index (κ2) is 7.45. The Bertz CT molecular complexity index is 1010. The molecule has 5 nitrogen and oxygen atoms in total. The summed E-state index contributed by atoms with van der Waals surface area (Å²) < 4.78 is 39.8. The Morgan fingerprint density at radius 3 is 2.33 bits per heavy atom. The van der Waals surface area contributed by atoms with Crippen molar-refractivity contribution in [1.82, 2.24) is 9.97 Å². The van der Waals surface area contributed by atoms with Gasteiger partial charge < -0.3 is 10.6 Å². The molecular formula is C19H15F3N4O. The Labute approximate surface area is 153 Å². The third-order valence-electron chi connectivity index (χ3n) is 3.84. The van der Waals surface area contributed by atoms with Crippen LogP contribution in [0.2, 0.25) is 0 Å². The molecule has 0 saturated heterocycles. The highest BCUT2D eigenvalue weighted by atomic mass is 19.2. The summed E-state index contributed by atoms with van der Waals surface area (Å²) in [6.45, 7) is 3.89. The molecule has 2 N–H and O–H groups in total. The average molecular weight is 372 g/mol. The number of aryl methyl sites for hydroxylation is 2. The van der Waals surface area contributed by atoms with Crippen LogP contribution < -0.4 is 10.6 Å². The lowest BCUT2D eigenvalue weighted by atomic mass is 10.1. The summed E-state index contributed by atoms with van der Waals surface area (Å²) in [6.07, 6.45) is 2.49. The molecule has 0 spiro atoms. The fourth-order valence-electron chi connectivity index (χ4n) is 2.32. The van der Waals surface area contributed by atoms with Crippen molar-refractivity contribution >= 4 is 23.2 Å². The van der Waals surface area contributed by atoms with E-state index >= 15 is 0 Å². The number of amides is 1. The summed E-state index contributed by atoms with van der Waals surface area (Å²) >= 11 is 0. The molecule has 138 valence electrons. The van der Waals surface area contributed by atoms with E-state index in [1.165, 1.54) is 12.4 Å². The number of benzene rings is 2. The van der Waals surface area contributed by atoms with E-state index in [4.69, 9.17) is 0 Å². The molecule has 0 radical (unpaired) electrons. The molecule has 0 aliphatic heterocycles. The van der Waals surface area contributed by atoms with Gasteiger partial charge in [0.05, 0.1) is 11.3 Å². The molecule has 0 fully saturated rings. The van der Waals surface area contributed by atoms with Crippen molar-refractivity contribution < 1.29 is 18.0 Å². The van der Waals surface area contributed by atoms with Gasteiger partial charge in [-0.05, 0) is 43.2 Å². The van der Waals surface area contributed by atoms with Gasteiger partial charge in [-0.1, -0.05) is 12.1 Å². The van der Waals surface area contributed by atoms with Gasteiger partial charge in [-0.3, -0.25) is 4.79 Å². The van der Waals surface area contributed by atoms with Gasteiger partial charge in [0, 0.05) is 18.1 Å². The molecular weight excluding hydrogens is 357 g/mol. The summed E-state index contributed by atoms with van der Waals surface area (Å²) in [7, 11) is 0. The molecule has 0 aliphatic carbocycles. The minimum atomic E-state index is -1.66. The highest BCUT2D eigenvalue weighted by Gasteiger charge is 2.16. The maximum absolute atomic E-state index is 13.6. The molecule has 1 amide bonds. The smallest absolute Gasteiger partial charge is 0.258 e. The van der Waals surface area contributed by atoms with Gasteiger partial charge >= 0.3 is 0 Å². The lowest BCUT2D eigenvalue weighted by Crippen LogP contribution is -2.15. The number of hydrogen-bond donors (Lipinski definition) is 2.